The van der Waals surface area contributed by atoms with Crippen LogP contribution in [0.2, 0.25) is 0 Å². The molecule has 0 radical (unpaired) electrons. The topological polar surface area (TPSA) is 64.1 Å². The van der Waals surface area contributed by atoms with Gasteiger partial charge in [0.25, 0.3) is 0 Å². The van der Waals surface area contributed by atoms with Crippen molar-refractivity contribution in [2.45, 2.75) is 25.8 Å². The number of benzene rings is 2. The number of hydrogen-bond donors (Lipinski definition) is 2. The summed E-state index contributed by atoms with van der Waals surface area (Å²) in [7, 11) is 6.59. The van der Waals surface area contributed by atoms with E-state index in [2.05, 4.69) is 46.8 Å². The molecule has 2 rings (SSSR count). The lowest BCUT2D eigenvalue weighted by atomic mass is 9.98. The highest BCUT2D eigenvalue weighted by atomic mass is 16.5. The molecule has 2 N–H and O–H groups in total. The van der Waals surface area contributed by atoms with Crippen molar-refractivity contribution in [2.75, 3.05) is 34.9 Å². The second-order valence-corrected chi connectivity index (χ2v) is 6.49. The van der Waals surface area contributed by atoms with Gasteiger partial charge in [-0.15, -0.1) is 0 Å². The van der Waals surface area contributed by atoms with Crippen molar-refractivity contribution in [2.24, 2.45) is 4.99 Å². The van der Waals surface area contributed by atoms with Crippen LogP contribution in [-0.2, 0) is 6.54 Å². The average Bonchev–Trinajstić information content (AvgIpc) is 2.75. The molecule has 0 spiro atoms. The molecule has 0 aromatic heterocycles. The van der Waals surface area contributed by atoms with Gasteiger partial charge in [-0.1, -0.05) is 37.3 Å². The number of rotatable bonds is 9. The first kappa shape index (κ1) is 21.4. The lowest BCUT2D eigenvalue weighted by molar-refractivity contribution is 0.323. The SMILES string of the molecule is CN=C(NCCC(C)c1ccccc1)NCc1cc(OC)c(OC)c(OC)c1. The zero-order valence-corrected chi connectivity index (χ0v) is 17.4. The van der Waals surface area contributed by atoms with Crippen LogP contribution >= 0.6 is 0 Å². The molecular weight excluding hydrogens is 354 g/mol. The van der Waals surface area contributed by atoms with Crippen LogP contribution in [0, 0.1) is 0 Å². The zero-order chi connectivity index (χ0) is 20.4. The van der Waals surface area contributed by atoms with E-state index < -0.39 is 0 Å². The first-order valence-electron chi connectivity index (χ1n) is 9.41. The minimum Gasteiger partial charge on any atom is -0.493 e. The van der Waals surface area contributed by atoms with Crippen LogP contribution in [0.3, 0.4) is 0 Å². The molecule has 0 saturated carbocycles. The number of guanidine groups is 1. The van der Waals surface area contributed by atoms with Gasteiger partial charge in [-0.2, -0.15) is 0 Å². The Morgan fingerprint density at radius 2 is 1.61 bits per heavy atom. The average molecular weight is 386 g/mol. The van der Waals surface area contributed by atoms with E-state index in [0.29, 0.717) is 29.7 Å². The predicted octanol–water partition coefficient (Wildman–Crippen LogP) is 3.57. The number of nitrogens with one attached hydrogen (secondary N) is 2. The summed E-state index contributed by atoms with van der Waals surface area (Å²) < 4.78 is 16.2. The molecule has 28 heavy (non-hydrogen) atoms. The van der Waals surface area contributed by atoms with E-state index in [1.807, 2.05) is 18.2 Å². The Bertz CT molecular complexity index is 738. The fourth-order valence-electron chi connectivity index (χ4n) is 3.00. The lowest BCUT2D eigenvalue weighted by Gasteiger charge is -2.17. The van der Waals surface area contributed by atoms with Gasteiger partial charge < -0.3 is 24.8 Å². The highest BCUT2D eigenvalue weighted by Crippen LogP contribution is 2.38. The molecule has 2 aromatic rings. The number of nitrogens with zero attached hydrogens (tertiary/aromatic N) is 1. The Labute approximate surface area is 167 Å². The highest BCUT2D eigenvalue weighted by molar-refractivity contribution is 5.79. The van der Waals surface area contributed by atoms with Crippen molar-refractivity contribution < 1.29 is 14.2 Å². The fourth-order valence-corrected chi connectivity index (χ4v) is 3.00. The van der Waals surface area contributed by atoms with Gasteiger partial charge in [0.15, 0.2) is 17.5 Å². The number of ether oxygens (including phenoxy) is 3. The van der Waals surface area contributed by atoms with E-state index in [1.54, 1.807) is 28.4 Å². The lowest BCUT2D eigenvalue weighted by Crippen LogP contribution is -2.37. The van der Waals surface area contributed by atoms with Crippen molar-refractivity contribution in [1.29, 1.82) is 0 Å². The second kappa shape index (κ2) is 11.1. The highest BCUT2D eigenvalue weighted by Gasteiger charge is 2.13. The molecule has 1 unspecified atom stereocenters. The summed E-state index contributed by atoms with van der Waals surface area (Å²) in [6.45, 7) is 3.67. The molecule has 0 bridgehead atoms. The van der Waals surface area contributed by atoms with Crippen molar-refractivity contribution in [3.63, 3.8) is 0 Å². The smallest absolute Gasteiger partial charge is 0.203 e. The molecular formula is C22H31N3O3. The predicted molar refractivity (Wildman–Crippen MR) is 114 cm³/mol. The first-order chi connectivity index (χ1) is 13.6. The van der Waals surface area contributed by atoms with Gasteiger partial charge in [0, 0.05) is 20.1 Å². The number of methoxy groups -OCH3 is 3. The summed E-state index contributed by atoms with van der Waals surface area (Å²) in [6.07, 6.45) is 1.02. The maximum absolute atomic E-state index is 5.41. The Kier molecular flexibility index (Phi) is 8.46. The quantitative estimate of drug-likeness (QED) is 0.510. The van der Waals surface area contributed by atoms with Gasteiger partial charge in [0.2, 0.25) is 5.75 Å². The van der Waals surface area contributed by atoms with E-state index in [0.717, 1.165) is 24.5 Å². The van der Waals surface area contributed by atoms with E-state index >= 15 is 0 Å². The second-order valence-electron chi connectivity index (χ2n) is 6.49. The monoisotopic (exact) mass is 385 g/mol. The molecule has 0 aliphatic carbocycles. The zero-order valence-electron chi connectivity index (χ0n) is 17.4. The minimum atomic E-state index is 0.488. The molecule has 0 amide bonds. The van der Waals surface area contributed by atoms with Crippen LogP contribution in [0.5, 0.6) is 17.2 Å². The third-order valence-corrected chi connectivity index (χ3v) is 4.65. The van der Waals surface area contributed by atoms with E-state index in [9.17, 15) is 0 Å². The molecule has 0 saturated heterocycles. The molecule has 0 heterocycles. The normalized spacial score (nSPS) is 12.2. The maximum Gasteiger partial charge on any atom is 0.203 e. The largest absolute Gasteiger partial charge is 0.493 e. The molecule has 0 fully saturated rings. The molecule has 1 atom stereocenters. The third kappa shape index (κ3) is 5.81. The Balaban J connectivity index is 1.90. The van der Waals surface area contributed by atoms with Crippen molar-refractivity contribution in [1.82, 2.24) is 10.6 Å². The third-order valence-electron chi connectivity index (χ3n) is 4.65. The fraction of sp³-hybridized carbons (Fsp3) is 0.409. The summed E-state index contributed by atoms with van der Waals surface area (Å²) in [4.78, 5) is 4.30. The van der Waals surface area contributed by atoms with Crippen LogP contribution in [0.15, 0.2) is 47.5 Å². The van der Waals surface area contributed by atoms with Crippen LogP contribution in [0.25, 0.3) is 0 Å². The van der Waals surface area contributed by atoms with Crippen LogP contribution in [0.4, 0.5) is 0 Å². The summed E-state index contributed by atoms with van der Waals surface area (Å²) in [6, 6.07) is 14.4. The molecule has 6 heteroatoms. The van der Waals surface area contributed by atoms with Crippen LogP contribution < -0.4 is 24.8 Å². The van der Waals surface area contributed by atoms with Crippen LogP contribution in [0.1, 0.15) is 30.4 Å². The van der Waals surface area contributed by atoms with Crippen molar-refractivity contribution >= 4 is 5.96 Å². The number of hydrogen-bond acceptors (Lipinski definition) is 4. The molecule has 2 aromatic carbocycles. The van der Waals surface area contributed by atoms with Gasteiger partial charge in [-0.3, -0.25) is 4.99 Å². The molecule has 0 aliphatic heterocycles. The number of aliphatic imine (C=N–C) groups is 1. The Hall–Kier alpha value is -2.89. The van der Waals surface area contributed by atoms with Crippen molar-refractivity contribution in [3.05, 3.63) is 53.6 Å². The van der Waals surface area contributed by atoms with Gasteiger partial charge in [0.1, 0.15) is 0 Å². The summed E-state index contributed by atoms with van der Waals surface area (Å²) in [5, 5.41) is 6.70. The maximum atomic E-state index is 5.41. The standard InChI is InChI=1S/C22H31N3O3/c1-16(18-9-7-6-8-10-18)11-12-24-22(23-2)25-15-17-13-19(26-3)21(28-5)20(14-17)27-4/h6-10,13-14,16H,11-12,15H2,1-5H3,(H2,23,24,25). The van der Waals surface area contributed by atoms with Gasteiger partial charge in [-0.05, 0) is 35.6 Å². The van der Waals surface area contributed by atoms with Crippen LogP contribution in [-0.4, -0.2) is 40.9 Å². The van der Waals surface area contributed by atoms with Gasteiger partial charge in [0.05, 0.1) is 21.3 Å². The van der Waals surface area contributed by atoms with Gasteiger partial charge in [-0.25, -0.2) is 0 Å². The Morgan fingerprint density at radius 3 is 2.14 bits per heavy atom. The van der Waals surface area contributed by atoms with E-state index in [4.69, 9.17) is 14.2 Å². The Morgan fingerprint density at radius 1 is 0.964 bits per heavy atom. The van der Waals surface area contributed by atoms with Crippen molar-refractivity contribution in [3.8, 4) is 17.2 Å². The molecule has 6 nitrogen and oxygen atoms in total. The minimum absolute atomic E-state index is 0.488. The summed E-state index contributed by atoms with van der Waals surface area (Å²) in [5.41, 5.74) is 2.36. The van der Waals surface area contributed by atoms with Gasteiger partial charge >= 0.3 is 0 Å². The summed E-state index contributed by atoms with van der Waals surface area (Å²) in [5.74, 6) is 3.11. The molecule has 0 aliphatic rings. The molecule has 152 valence electrons. The first-order valence-corrected chi connectivity index (χ1v) is 9.41. The summed E-state index contributed by atoms with van der Waals surface area (Å²) >= 11 is 0. The van der Waals surface area contributed by atoms with E-state index in [-0.39, 0.29) is 0 Å². The van der Waals surface area contributed by atoms with E-state index in [1.165, 1.54) is 5.56 Å².